The first-order valence-corrected chi connectivity index (χ1v) is 9.21. The minimum Gasteiger partial charge on any atom is -0.383 e. The number of ether oxygens (including phenoxy) is 1. The fraction of sp³-hybridized carbons (Fsp3) is 0.231. The molecular formula is C13H15BrN2O3S2. The third-order valence-electron chi connectivity index (χ3n) is 2.59. The van der Waals surface area contributed by atoms with Crippen molar-refractivity contribution in [2.45, 2.75) is 4.21 Å². The van der Waals surface area contributed by atoms with Gasteiger partial charge in [-0.25, -0.2) is 8.42 Å². The molecule has 0 aliphatic carbocycles. The molecule has 2 rings (SSSR count). The minimum atomic E-state index is -3.53. The van der Waals surface area contributed by atoms with E-state index in [9.17, 15) is 8.42 Å². The molecule has 0 spiro atoms. The molecule has 0 atom stereocenters. The number of nitrogens with one attached hydrogen (secondary N) is 2. The number of anilines is 2. The molecule has 0 amide bonds. The van der Waals surface area contributed by atoms with Crippen molar-refractivity contribution in [1.29, 1.82) is 0 Å². The maximum absolute atomic E-state index is 12.2. The monoisotopic (exact) mass is 390 g/mol. The van der Waals surface area contributed by atoms with Crippen molar-refractivity contribution in [3.8, 4) is 0 Å². The fourth-order valence-corrected chi connectivity index (χ4v) is 4.67. The number of hydrogen-bond donors (Lipinski definition) is 2. The number of rotatable bonds is 7. The van der Waals surface area contributed by atoms with Crippen LogP contribution in [0.1, 0.15) is 0 Å². The third kappa shape index (κ3) is 4.70. The largest absolute Gasteiger partial charge is 0.383 e. The maximum Gasteiger partial charge on any atom is 0.271 e. The van der Waals surface area contributed by atoms with Crippen LogP contribution in [0.3, 0.4) is 0 Å². The first-order valence-electron chi connectivity index (χ1n) is 6.12. The first kappa shape index (κ1) is 16.3. The third-order valence-corrected chi connectivity index (χ3v) is 6.08. The molecule has 0 radical (unpaired) electrons. The topological polar surface area (TPSA) is 67.4 Å². The smallest absolute Gasteiger partial charge is 0.271 e. The summed E-state index contributed by atoms with van der Waals surface area (Å²) in [4.78, 5) is 0. The van der Waals surface area contributed by atoms with Gasteiger partial charge in [-0.1, -0.05) is 0 Å². The van der Waals surface area contributed by atoms with E-state index in [0.717, 1.165) is 9.47 Å². The average molecular weight is 391 g/mol. The van der Waals surface area contributed by atoms with Gasteiger partial charge in [-0.05, 0) is 52.3 Å². The molecule has 1 aromatic heterocycles. The van der Waals surface area contributed by atoms with Crippen LogP contribution in [0.25, 0.3) is 0 Å². The number of thiophene rings is 1. The van der Waals surface area contributed by atoms with Crippen molar-refractivity contribution in [2.75, 3.05) is 30.3 Å². The molecule has 2 aromatic rings. The van der Waals surface area contributed by atoms with Gasteiger partial charge in [0, 0.05) is 25.0 Å². The van der Waals surface area contributed by atoms with Gasteiger partial charge in [-0.2, -0.15) is 0 Å². The van der Waals surface area contributed by atoms with Crippen LogP contribution in [0.15, 0.2) is 44.4 Å². The summed E-state index contributed by atoms with van der Waals surface area (Å²) in [7, 11) is -1.89. The van der Waals surface area contributed by atoms with Gasteiger partial charge in [0.25, 0.3) is 10.0 Å². The van der Waals surface area contributed by atoms with Gasteiger partial charge in [0.2, 0.25) is 0 Å². The van der Waals surface area contributed by atoms with E-state index in [1.807, 2.05) is 12.1 Å². The molecular weight excluding hydrogens is 376 g/mol. The Morgan fingerprint density at radius 3 is 2.38 bits per heavy atom. The Morgan fingerprint density at radius 2 is 1.81 bits per heavy atom. The number of sulfonamides is 1. The molecule has 21 heavy (non-hydrogen) atoms. The molecule has 0 saturated carbocycles. The van der Waals surface area contributed by atoms with Crippen LogP contribution in [-0.4, -0.2) is 28.7 Å². The average Bonchev–Trinajstić information content (AvgIpc) is 2.88. The number of benzene rings is 1. The van der Waals surface area contributed by atoms with Gasteiger partial charge in [0.1, 0.15) is 4.21 Å². The number of halogens is 1. The molecule has 0 saturated heterocycles. The Hall–Kier alpha value is -1.09. The van der Waals surface area contributed by atoms with E-state index < -0.39 is 10.0 Å². The van der Waals surface area contributed by atoms with Crippen LogP contribution in [0, 0.1) is 0 Å². The maximum atomic E-state index is 12.2. The molecule has 0 bridgehead atoms. The molecule has 5 nitrogen and oxygen atoms in total. The molecule has 2 N–H and O–H groups in total. The van der Waals surface area contributed by atoms with Crippen LogP contribution in [0.5, 0.6) is 0 Å². The number of methoxy groups -OCH3 is 1. The van der Waals surface area contributed by atoms with Crippen molar-refractivity contribution in [1.82, 2.24) is 0 Å². The van der Waals surface area contributed by atoms with Crippen molar-refractivity contribution in [2.24, 2.45) is 0 Å². The lowest BCUT2D eigenvalue weighted by molar-refractivity contribution is 0.211. The van der Waals surface area contributed by atoms with Gasteiger partial charge in [-0.15, -0.1) is 11.3 Å². The van der Waals surface area contributed by atoms with Crippen molar-refractivity contribution in [3.05, 3.63) is 40.2 Å². The molecule has 1 aromatic carbocycles. The SMILES string of the molecule is COCCNc1ccc(NS(=O)(=O)c2ccc(Br)s2)cc1. The Balaban J connectivity index is 2.03. The van der Waals surface area contributed by atoms with Crippen LogP contribution in [0.4, 0.5) is 11.4 Å². The van der Waals surface area contributed by atoms with Crippen LogP contribution in [-0.2, 0) is 14.8 Å². The zero-order valence-corrected chi connectivity index (χ0v) is 14.5. The van der Waals surface area contributed by atoms with Gasteiger partial charge < -0.3 is 10.1 Å². The van der Waals surface area contributed by atoms with E-state index in [1.54, 1.807) is 31.4 Å². The summed E-state index contributed by atoms with van der Waals surface area (Å²) in [6.45, 7) is 1.31. The predicted octanol–water partition coefficient (Wildman–Crippen LogP) is 3.37. The standard InChI is InChI=1S/C13H15BrN2O3S2/c1-19-9-8-15-10-2-4-11(5-3-10)16-21(17,18)13-7-6-12(14)20-13/h2-7,15-16H,8-9H2,1H3. The second-order valence-electron chi connectivity index (χ2n) is 4.16. The predicted molar refractivity (Wildman–Crippen MR) is 89.6 cm³/mol. The summed E-state index contributed by atoms with van der Waals surface area (Å²) in [5.74, 6) is 0. The van der Waals surface area contributed by atoms with Crippen LogP contribution in [0.2, 0.25) is 0 Å². The highest BCUT2D eigenvalue weighted by Gasteiger charge is 2.16. The van der Waals surface area contributed by atoms with Crippen molar-refractivity contribution in [3.63, 3.8) is 0 Å². The van der Waals surface area contributed by atoms with Crippen molar-refractivity contribution < 1.29 is 13.2 Å². The van der Waals surface area contributed by atoms with Gasteiger partial charge in [0.15, 0.2) is 0 Å². The molecule has 0 unspecified atom stereocenters. The molecule has 0 aliphatic heterocycles. The second kappa shape index (κ2) is 7.26. The lowest BCUT2D eigenvalue weighted by atomic mass is 10.3. The highest BCUT2D eigenvalue weighted by Crippen LogP contribution is 2.27. The summed E-state index contributed by atoms with van der Waals surface area (Å²) in [5.41, 5.74) is 1.44. The zero-order chi connectivity index (χ0) is 15.3. The van der Waals surface area contributed by atoms with E-state index in [1.165, 1.54) is 11.3 Å². The number of hydrogen-bond acceptors (Lipinski definition) is 5. The molecule has 114 valence electrons. The van der Waals surface area contributed by atoms with E-state index in [-0.39, 0.29) is 4.21 Å². The lowest BCUT2D eigenvalue weighted by Gasteiger charge is -2.09. The summed E-state index contributed by atoms with van der Waals surface area (Å²) in [6.07, 6.45) is 0. The van der Waals surface area contributed by atoms with E-state index in [4.69, 9.17) is 4.74 Å². The van der Waals surface area contributed by atoms with E-state index >= 15 is 0 Å². The summed E-state index contributed by atoms with van der Waals surface area (Å²) in [5, 5.41) is 3.16. The summed E-state index contributed by atoms with van der Waals surface area (Å²) < 4.78 is 32.9. The zero-order valence-electron chi connectivity index (χ0n) is 11.3. The Morgan fingerprint density at radius 1 is 1.14 bits per heavy atom. The Labute approximate surface area is 136 Å². The van der Waals surface area contributed by atoms with E-state index in [2.05, 4.69) is 26.0 Å². The Kier molecular flexibility index (Phi) is 5.63. The quantitative estimate of drug-likeness (QED) is 0.711. The molecule has 1 heterocycles. The van der Waals surface area contributed by atoms with Gasteiger partial charge in [0.05, 0.1) is 10.4 Å². The van der Waals surface area contributed by atoms with Crippen LogP contribution >= 0.6 is 27.3 Å². The normalized spacial score (nSPS) is 11.3. The molecule has 0 fully saturated rings. The molecule has 8 heteroatoms. The fourth-order valence-electron chi connectivity index (χ4n) is 1.60. The van der Waals surface area contributed by atoms with Gasteiger partial charge >= 0.3 is 0 Å². The second-order valence-corrected chi connectivity index (χ2v) is 8.53. The van der Waals surface area contributed by atoms with E-state index in [0.29, 0.717) is 18.8 Å². The highest BCUT2D eigenvalue weighted by atomic mass is 79.9. The van der Waals surface area contributed by atoms with Crippen LogP contribution < -0.4 is 10.0 Å². The van der Waals surface area contributed by atoms with Crippen molar-refractivity contribution >= 4 is 48.7 Å². The van der Waals surface area contributed by atoms with Gasteiger partial charge in [-0.3, -0.25) is 4.72 Å². The molecule has 0 aliphatic rings. The summed E-state index contributed by atoms with van der Waals surface area (Å²) >= 11 is 4.43. The minimum absolute atomic E-state index is 0.275. The summed E-state index contributed by atoms with van der Waals surface area (Å²) in [6, 6.07) is 10.3. The highest BCUT2D eigenvalue weighted by molar-refractivity contribution is 9.11. The first-order chi connectivity index (χ1) is 10.0. The Bertz CT molecular complexity index is 684. The lowest BCUT2D eigenvalue weighted by Crippen LogP contribution is -2.11.